The Bertz CT molecular complexity index is 952. The molecular weight excluding hydrogens is 388 g/mol. The lowest BCUT2D eigenvalue weighted by molar-refractivity contribution is -0.131. The number of amides is 2. The van der Waals surface area contributed by atoms with Crippen molar-refractivity contribution in [3.8, 4) is 0 Å². The summed E-state index contributed by atoms with van der Waals surface area (Å²) in [6.45, 7) is 7.92. The Hall–Kier alpha value is -3.34. The molecule has 164 valence electrons. The number of aliphatic carboxylic acids is 1. The molecule has 31 heavy (non-hydrogen) atoms. The number of anilines is 1. The van der Waals surface area contributed by atoms with Crippen molar-refractivity contribution in [2.24, 2.45) is 0 Å². The normalized spacial score (nSPS) is 20.4. The highest BCUT2D eigenvalue weighted by molar-refractivity contribution is 5.90. The quantitative estimate of drug-likeness (QED) is 0.365. The van der Waals surface area contributed by atoms with Crippen LogP contribution in [0.2, 0.25) is 0 Å². The summed E-state index contributed by atoms with van der Waals surface area (Å²) in [4.78, 5) is 23.3. The van der Waals surface area contributed by atoms with Crippen LogP contribution in [0.25, 0.3) is 0 Å². The van der Waals surface area contributed by atoms with Crippen LogP contribution in [-0.4, -0.2) is 22.6 Å². The molecule has 0 aromatic heterocycles. The van der Waals surface area contributed by atoms with E-state index < -0.39 is 11.5 Å². The van der Waals surface area contributed by atoms with Gasteiger partial charge >= 0.3 is 12.0 Å². The first kappa shape index (κ1) is 23.9. The van der Waals surface area contributed by atoms with Crippen LogP contribution >= 0.6 is 0 Å². The molecule has 0 saturated carbocycles. The molecular formula is C26H32N2O3. The Morgan fingerprint density at radius 1 is 1.10 bits per heavy atom. The van der Waals surface area contributed by atoms with E-state index in [2.05, 4.69) is 30.6 Å². The van der Waals surface area contributed by atoms with Gasteiger partial charge in [0.05, 0.1) is 5.54 Å². The fourth-order valence-corrected chi connectivity index (χ4v) is 3.70. The van der Waals surface area contributed by atoms with Crippen LogP contribution < -0.4 is 10.6 Å². The fraction of sp³-hybridized carbons (Fsp3) is 0.308. The molecule has 1 aliphatic rings. The summed E-state index contributed by atoms with van der Waals surface area (Å²) in [6, 6.07) is 9.19. The van der Waals surface area contributed by atoms with E-state index in [1.807, 2.05) is 55.5 Å². The first-order valence-corrected chi connectivity index (χ1v) is 10.5. The van der Waals surface area contributed by atoms with Gasteiger partial charge in [0.1, 0.15) is 0 Å². The average Bonchev–Trinajstić information content (AvgIpc) is 2.67. The zero-order chi connectivity index (χ0) is 22.9. The number of benzene rings is 1. The lowest BCUT2D eigenvalue weighted by atomic mass is 9.77. The smallest absolute Gasteiger partial charge is 0.328 e. The molecule has 0 radical (unpaired) electrons. The molecule has 5 nitrogen and oxygen atoms in total. The van der Waals surface area contributed by atoms with Gasteiger partial charge in [-0.2, -0.15) is 0 Å². The molecule has 0 saturated heterocycles. The van der Waals surface area contributed by atoms with Gasteiger partial charge in [0.25, 0.3) is 0 Å². The number of para-hydroxylation sites is 1. The first-order chi connectivity index (χ1) is 14.7. The second-order valence-corrected chi connectivity index (χ2v) is 8.15. The number of allylic oxidation sites excluding steroid dienone is 7. The molecule has 1 atom stereocenters. The molecule has 2 amide bonds. The molecule has 0 unspecified atom stereocenters. The Kier molecular flexibility index (Phi) is 8.62. The monoisotopic (exact) mass is 420 g/mol. The Morgan fingerprint density at radius 3 is 2.48 bits per heavy atom. The van der Waals surface area contributed by atoms with Gasteiger partial charge in [0.15, 0.2) is 0 Å². The van der Waals surface area contributed by atoms with E-state index in [1.54, 1.807) is 13.0 Å². The Balaban J connectivity index is 2.12. The number of hydrogen-bond acceptors (Lipinski definition) is 2. The van der Waals surface area contributed by atoms with Crippen molar-refractivity contribution in [2.45, 2.75) is 52.5 Å². The summed E-state index contributed by atoms with van der Waals surface area (Å²) >= 11 is 0. The second-order valence-electron chi connectivity index (χ2n) is 8.15. The highest BCUT2D eigenvalue weighted by atomic mass is 16.4. The largest absolute Gasteiger partial charge is 0.478 e. The van der Waals surface area contributed by atoms with E-state index >= 15 is 0 Å². The van der Waals surface area contributed by atoms with Gasteiger partial charge in [0, 0.05) is 11.8 Å². The third-order valence-electron chi connectivity index (χ3n) is 5.29. The third kappa shape index (κ3) is 7.78. The summed E-state index contributed by atoms with van der Waals surface area (Å²) in [5.41, 5.74) is 4.41. The van der Waals surface area contributed by atoms with Crippen LogP contribution in [0.5, 0.6) is 0 Å². The minimum absolute atomic E-state index is 0.217. The van der Waals surface area contributed by atoms with E-state index in [4.69, 9.17) is 5.11 Å². The number of carbonyl (C=O) groups is 2. The molecule has 0 spiro atoms. The van der Waals surface area contributed by atoms with Crippen LogP contribution in [0.4, 0.5) is 10.5 Å². The topological polar surface area (TPSA) is 78.4 Å². The average molecular weight is 421 g/mol. The molecule has 0 heterocycles. The van der Waals surface area contributed by atoms with Crippen LogP contribution in [0, 0.1) is 0 Å². The van der Waals surface area contributed by atoms with E-state index in [9.17, 15) is 9.59 Å². The van der Waals surface area contributed by atoms with Gasteiger partial charge < -0.3 is 15.7 Å². The molecule has 0 bridgehead atoms. The van der Waals surface area contributed by atoms with Crippen LogP contribution in [0.3, 0.4) is 0 Å². The number of rotatable bonds is 7. The number of nitrogens with one attached hydrogen (secondary N) is 2. The fourth-order valence-electron chi connectivity index (χ4n) is 3.70. The predicted octanol–water partition coefficient (Wildman–Crippen LogP) is 6.16. The van der Waals surface area contributed by atoms with Crippen molar-refractivity contribution in [1.29, 1.82) is 0 Å². The van der Waals surface area contributed by atoms with Crippen molar-refractivity contribution in [2.75, 3.05) is 5.32 Å². The Labute approximate surface area is 184 Å². The maximum atomic E-state index is 12.6. The van der Waals surface area contributed by atoms with Crippen molar-refractivity contribution >= 4 is 17.7 Å². The number of carboxylic acid groups (broad SMARTS) is 1. The first-order valence-electron chi connectivity index (χ1n) is 10.5. The van der Waals surface area contributed by atoms with Gasteiger partial charge in [-0.1, -0.05) is 59.7 Å². The highest BCUT2D eigenvalue weighted by Crippen LogP contribution is 2.34. The molecule has 3 N–H and O–H groups in total. The highest BCUT2D eigenvalue weighted by Gasteiger charge is 2.33. The van der Waals surface area contributed by atoms with Crippen LogP contribution in [0.1, 0.15) is 47.0 Å². The molecule has 5 heteroatoms. The standard InChI is InChI=1S/C26H32N2O3/c1-19(10-8-11-20(2)18-24(29)30)15-16-23-21(3)12-9-17-26(23,4)28-25(31)27-22-13-6-5-7-14-22/h5-8,10-11,13-16,18H,9,12,17H2,1-4H3,(H,29,30)(H2,27,28,31)/b11-8+,16-15+,19-10+,20-18+/t26-/m0/s1. The molecule has 1 aliphatic carbocycles. The number of carbonyl (C=O) groups excluding carboxylic acids is 1. The van der Waals surface area contributed by atoms with Crippen LogP contribution in [-0.2, 0) is 4.79 Å². The molecule has 1 aromatic rings. The number of carboxylic acids is 1. The zero-order valence-corrected chi connectivity index (χ0v) is 18.7. The lowest BCUT2D eigenvalue weighted by Gasteiger charge is -2.37. The zero-order valence-electron chi connectivity index (χ0n) is 18.7. The van der Waals surface area contributed by atoms with Gasteiger partial charge in [-0.15, -0.1) is 0 Å². The van der Waals surface area contributed by atoms with Crippen molar-refractivity contribution < 1.29 is 14.7 Å². The van der Waals surface area contributed by atoms with Gasteiger partial charge in [0.2, 0.25) is 0 Å². The second kappa shape index (κ2) is 11.2. The van der Waals surface area contributed by atoms with Crippen molar-refractivity contribution in [3.63, 3.8) is 0 Å². The van der Waals surface area contributed by atoms with E-state index in [0.717, 1.165) is 36.1 Å². The van der Waals surface area contributed by atoms with Crippen molar-refractivity contribution in [1.82, 2.24) is 5.32 Å². The lowest BCUT2D eigenvalue weighted by Crippen LogP contribution is -2.50. The summed E-state index contributed by atoms with van der Waals surface area (Å²) in [5, 5.41) is 14.8. The van der Waals surface area contributed by atoms with Crippen LogP contribution in [0.15, 0.2) is 89.1 Å². The van der Waals surface area contributed by atoms with E-state index in [-0.39, 0.29) is 6.03 Å². The molecule has 0 aliphatic heterocycles. The maximum Gasteiger partial charge on any atom is 0.328 e. The van der Waals surface area contributed by atoms with Gasteiger partial charge in [-0.3, -0.25) is 0 Å². The molecule has 0 fully saturated rings. The van der Waals surface area contributed by atoms with Gasteiger partial charge in [-0.05, 0) is 70.2 Å². The number of urea groups is 1. The van der Waals surface area contributed by atoms with E-state index in [0.29, 0.717) is 5.57 Å². The minimum Gasteiger partial charge on any atom is -0.478 e. The number of hydrogen-bond donors (Lipinski definition) is 3. The van der Waals surface area contributed by atoms with Gasteiger partial charge in [-0.25, -0.2) is 9.59 Å². The summed E-state index contributed by atoms with van der Waals surface area (Å²) in [6.07, 6.45) is 13.7. The summed E-state index contributed by atoms with van der Waals surface area (Å²) in [5.74, 6) is -0.953. The molecule has 1 aromatic carbocycles. The Morgan fingerprint density at radius 2 is 1.81 bits per heavy atom. The van der Waals surface area contributed by atoms with Crippen molar-refractivity contribution in [3.05, 3.63) is 89.1 Å². The maximum absolute atomic E-state index is 12.6. The molecule has 2 rings (SSSR count). The summed E-state index contributed by atoms with van der Waals surface area (Å²) < 4.78 is 0. The summed E-state index contributed by atoms with van der Waals surface area (Å²) in [7, 11) is 0. The van der Waals surface area contributed by atoms with E-state index in [1.165, 1.54) is 11.6 Å². The third-order valence-corrected chi connectivity index (χ3v) is 5.29. The SMILES string of the molecule is CC1=C(/C=C/C(C)=C/C=C/C(C)=C/C(=O)O)[C@@](C)(NC(=O)Nc2ccccc2)CCC1. The predicted molar refractivity (Wildman–Crippen MR) is 127 cm³/mol. The minimum atomic E-state index is -0.953.